The Kier molecular flexibility index (Phi) is 4.33. The number of aromatic amines is 1. The molecule has 0 aliphatic heterocycles. The lowest BCUT2D eigenvalue weighted by Crippen LogP contribution is -2.45. The number of nitrogens with one attached hydrogen (secondary N) is 2. The molecule has 2 aromatic rings. The van der Waals surface area contributed by atoms with Crippen LogP contribution in [0.2, 0.25) is 0 Å². The summed E-state index contributed by atoms with van der Waals surface area (Å²) in [6.45, 7) is 2.46. The lowest BCUT2D eigenvalue weighted by atomic mass is 9.53. The quantitative estimate of drug-likeness (QED) is 0.757. The van der Waals surface area contributed by atoms with Crippen molar-refractivity contribution in [3.8, 4) is 0 Å². The molecule has 0 bridgehead atoms. The van der Waals surface area contributed by atoms with E-state index in [0.29, 0.717) is 36.1 Å². The van der Waals surface area contributed by atoms with Crippen LogP contribution in [0.1, 0.15) is 92.5 Å². The number of hydrogen-bond acceptors (Lipinski definition) is 2. The maximum Gasteiger partial charge on any atom is 0.220 e. The van der Waals surface area contributed by atoms with Gasteiger partial charge in [-0.25, -0.2) is 0 Å². The van der Waals surface area contributed by atoms with E-state index in [2.05, 4.69) is 47.8 Å². The number of aryl methyl sites for hydroxylation is 1. The highest BCUT2D eigenvalue weighted by molar-refractivity contribution is 5.76. The standard InChI is InChI=1S/C26H33N3O/c1-26-14-13-19-18-8-3-2-5-16(18)9-10-20(19)24(26)21(22-15-27-29-25(22)26)11-12-23(30)28-17-6-4-7-17/h2-3,5,8,15,17,19-21,24H,4,6-7,9-14H2,1H3,(H,27,29)(H,28,30)/t19?,20?,21-,24?,26+/m1/s1. The van der Waals surface area contributed by atoms with Crippen LogP contribution >= 0.6 is 0 Å². The molecule has 158 valence electrons. The molecule has 4 aliphatic carbocycles. The summed E-state index contributed by atoms with van der Waals surface area (Å²) < 4.78 is 0. The number of aromatic nitrogens is 2. The molecule has 3 unspecified atom stereocenters. The number of amides is 1. The van der Waals surface area contributed by atoms with E-state index in [4.69, 9.17) is 5.10 Å². The number of nitrogens with zero attached hydrogens (tertiary/aromatic N) is 1. The summed E-state index contributed by atoms with van der Waals surface area (Å²) in [7, 11) is 0. The lowest BCUT2D eigenvalue weighted by molar-refractivity contribution is -0.122. The highest BCUT2D eigenvalue weighted by Crippen LogP contribution is 2.64. The molecule has 2 N–H and O–H groups in total. The molecule has 2 saturated carbocycles. The van der Waals surface area contributed by atoms with Gasteiger partial charge in [0.2, 0.25) is 5.91 Å². The molecule has 4 heteroatoms. The third-order valence-electron chi connectivity index (χ3n) is 9.09. The Morgan fingerprint density at radius 1 is 1.20 bits per heavy atom. The molecule has 1 aromatic carbocycles. The van der Waals surface area contributed by atoms with E-state index in [9.17, 15) is 4.79 Å². The fourth-order valence-electron chi connectivity index (χ4n) is 7.50. The fourth-order valence-corrected chi connectivity index (χ4v) is 7.50. The number of carbonyl (C=O) groups is 1. The molecule has 5 atom stereocenters. The van der Waals surface area contributed by atoms with E-state index in [1.807, 2.05) is 0 Å². The smallest absolute Gasteiger partial charge is 0.220 e. The average molecular weight is 404 g/mol. The van der Waals surface area contributed by atoms with Crippen molar-refractivity contribution in [1.29, 1.82) is 0 Å². The van der Waals surface area contributed by atoms with Gasteiger partial charge < -0.3 is 5.32 Å². The molecule has 4 nitrogen and oxygen atoms in total. The van der Waals surface area contributed by atoms with Crippen molar-refractivity contribution in [2.45, 2.75) is 88.0 Å². The van der Waals surface area contributed by atoms with Crippen molar-refractivity contribution < 1.29 is 4.79 Å². The van der Waals surface area contributed by atoms with Crippen LogP contribution in [-0.4, -0.2) is 22.1 Å². The molecule has 0 radical (unpaired) electrons. The lowest BCUT2D eigenvalue weighted by Gasteiger charge is -2.50. The van der Waals surface area contributed by atoms with Crippen LogP contribution in [0.3, 0.4) is 0 Å². The molecule has 6 rings (SSSR count). The van der Waals surface area contributed by atoms with Crippen molar-refractivity contribution in [3.63, 3.8) is 0 Å². The second-order valence-corrected chi connectivity index (χ2v) is 10.5. The summed E-state index contributed by atoms with van der Waals surface area (Å²) in [5, 5.41) is 11.2. The van der Waals surface area contributed by atoms with E-state index >= 15 is 0 Å². The summed E-state index contributed by atoms with van der Waals surface area (Å²) in [5.74, 6) is 2.68. The molecule has 1 aromatic heterocycles. The van der Waals surface area contributed by atoms with Crippen LogP contribution in [0.15, 0.2) is 30.5 Å². The molecular weight excluding hydrogens is 370 g/mol. The Labute approximate surface area is 179 Å². The van der Waals surface area contributed by atoms with E-state index in [1.165, 1.54) is 43.4 Å². The summed E-state index contributed by atoms with van der Waals surface area (Å²) in [5.41, 5.74) is 6.02. The molecule has 2 fully saturated rings. The first-order valence-electron chi connectivity index (χ1n) is 12.1. The SMILES string of the molecule is C[C@]12CCC3c4ccccc4CCC3C1[C@H](CCC(=O)NC1CCC1)c1c[nH]nc12. The minimum Gasteiger partial charge on any atom is -0.353 e. The molecule has 0 saturated heterocycles. The first kappa shape index (κ1) is 18.7. The normalized spacial score (nSPS) is 34.3. The van der Waals surface area contributed by atoms with Gasteiger partial charge in [0.25, 0.3) is 0 Å². The Morgan fingerprint density at radius 2 is 2.07 bits per heavy atom. The van der Waals surface area contributed by atoms with Crippen molar-refractivity contribution in [3.05, 3.63) is 52.8 Å². The highest BCUT2D eigenvalue weighted by atomic mass is 16.1. The first-order valence-corrected chi connectivity index (χ1v) is 12.1. The van der Waals surface area contributed by atoms with Crippen LogP contribution < -0.4 is 5.32 Å². The minimum atomic E-state index is 0.151. The van der Waals surface area contributed by atoms with E-state index < -0.39 is 0 Å². The van der Waals surface area contributed by atoms with Crippen molar-refractivity contribution >= 4 is 5.91 Å². The topological polar surface area (TPSA) is 57.8 Å². The largest absolute Gasteiger partial charge is 0.353 e. The summed E-state index contributed by atoms with van der Waals surface area (Å²) in [4.78, 5) is 12.6. The third kappa shape index (κ3) is 2.72. The minimum absolute atomic E-state index is 0.151. The fraction of sp³-hybridized carbons (Fsp3) is 0.615. The predicted octanol–water partition coefficient (Wildman–Crippen LogP) is 4.97. The molecule has 1 amide bonds. The van der Waals surface area contributed by atoms with Gasteiger partial charge in [0.15, 0.2) is 0 Å². The average Bonchev–Trinajstić information content (AvgIpc) is 3.30. The van der Waals surface area contributed by atoms with Crippen molar-refractivity contribution in [2.75, 3.05) is 0 Å². The number of benzene rings is 1. The van der Waals surface area contributed by atoms with Crippen LogP contribution in [0.4, 0.5) is 0 Å². The Balaban J connectivity index is 1.29. The van der Waals surface area contributed by atoms with Crippen molar-refractivity contribution in [2.24, 2.45) is 11.8 Å². The number of H-pyrrole nitrogens is 1. The van der Waals surface area contributed by atoms with E-state index in [0.717, 1.165) is 19.3 Å². The number of carbonyl (C=O) groups excluding carboxylic acids is 1. The number of hydrogen-bond donors (Lipinski definition) is 2. The Hall–Kier alpha value is -2.10. The van der Waals surface area contributed by atoms with Gasteiger partial charge in [-0.3, -0.25) is 9.89 Å². The predicted molar refractivity (Wildman–Crippen MR) is 117 cm³/mol. The van der Waals surface area contributed by atoms with E-state index in [1.54, 1.807) is 11.1 Å². The van der Waals surface area contributed by atoms with Gasteiger partial charge in [-0.1, -0.05) is 31.2 Å². The Morgan fingerprint density at radius 3 is 2.90 bits per heavy atom. The monoisotopic (exact) mass is 403 g/mol. The van der Waals surface area contributed by atoms with Gasteiger partial charge in [-0.15, -0.1) is 0 Å². The summed E-state index contributed by atoms with van der Waals surface area (Å²) in [6.07, 6.45) is 12.3. The molecule has 1 heterocycles. The number of fused-ring (bicyclic) bond motifs is 7. The maximum absolute atomic E-state index is 12.6. The van der Waals surface area contributed by atoms with Gasteiger partial charge in [0.05, 0.1) is 5.69 Å². The first-order chi connectivity index (χ1) is 14.6. The van der Waals surface area contributed by atoms with Crippen LogP contribution in [0, 0.1) is 11.8 Å². The maximum atomic E-state index is 12.6. The van der Waals surface area contributed by atoms with Gasteiger partial charge in [-0.05, 0) is 91.7 Å². The van der Waals surface area contributed by atoms with Gasteiger partial charge >= 0.3 is 0 Å². The Bertz CT molecular complexity index is 961. The van der Waals surface area contributed by atoms with Gasteiger partial charge in [0, 0.05) is 24.1 Å². The molecule has 30 heavy (non-hydrogen) atoms. The second-order valence-electron chi connectivity index (χ2n) is 10.5. The van der Waals surface area contributed by atoms with Crippen molar-refractivity contribution in [1.82, 2.24) is 15.5 Å². The van der Waals surface area contributed by atoms with Crippen LogP contribution in [0.25, 0.3) is 0 Å². The highest BCUT2D eigenvalue weighted by Gasteiger charge is 2.58. The summed E-state index contributed by atoms with van der Waals surface area (Å²) >= 11 is 0. The second kappa shape index (κ2) is 6.96. The van der Waals surface area contributed by atoms with E-state index in [-0.39, 0.29) is 11.3 Å². The molecule has 0 spiro atoms. The summed E-state index contributed by atoms with van der Waals surface area (Å²) in [6, 6.07) is 9.56. The zero-order valence-electron chi connectivity index (χ0n) is 18.0. The third-order valence-corrected chi connectivity index (χ3v) is 9.09. The zero-order valence-corrected chi connectivity index (χ0v) is 18.0. The van der Waals surface area contributed by atoms with Crippen LogP contribution in [-0.2, 0) is 16.6 Å². The number of rotatable bonds is 4. The molecular formula is C26H33N3O. The van der Waals surface area contributed by atoms with Gasteiger partial charge in [0.1, 0.15) is 0 Å². The molecule has 4 aliphatic rings. The van der Waals surface area contributed by atoms with Crippen LogP contribution in [0.5, 0.6) is 0 Å². The zero-order chi connectivity index (χ0) is 20.3. The van der Waals surface area contributed by atoms with Gasteiger partial charge in [-0.2, -0.15) is 5.10 Å².